The van der Waals surface area contributed by atoms with Crippen LogP contribution in [0, 0.1) is 0 Å². The van der Waals surface area contributed by atoms with E-state index in [0.717, 1.165) is 0 Å². The van der Waals surface area contributed by atoms with E-state index in [-0.39, 0.29) is 23.6 Å². The second-order valence-corrected chi connectivity index (χ2v) is 3.58. The molecule has 0 aromatic rings. The Morgan fingerprint density at radius 2 is 2.09 bits per heavy atom. The van der Waals surface area contributed by atoms with E-state index in [4.69, 9.17) is 4.74 Å². The fraction of sp³-hybridized carbons (Fsp3) is 0.714. The third kappa shape index (κ3) is 7.25. The molecule has 3 nitrogen and oxygen atoms in total. The van der Waals surface area contributed by atoms with Crippen molar-refractivity contribution in [3.63, 3.8) is 0 Å². The molecule has 0 heterocycles. The first kappa shape index (κ1) is 10.4. The lowest BCUT2D eigenvalue weighted by Gasteiger charge is -2.18. The highest BCUT2D eigenvalue weighted by Gasteiger charge is 2.14. The average Bonchev–Trinajstić information content (AvgIpc) is 1.79. The van der Waals surface area contributed by atoms with E-state index in [1.165, 1.54) is 5.37 Å². The third-order valence-corrected chi connectivity index (χ3v) is 1.04. The fourth-order valence-corrected chi connectivity index (χ4v) is 0.689. The van der Waals surface area contributed by atoms with Crippen LogP contribution in [-0.4, -0.2) is 21.1 Å². The van der Waals surface area contributed by atoms with Crippen LogP contribution in [-0.2, 0) is 20.8 Å². The summed E-state index contributed by atoms with van der Waals surface area (Å²) in [6, 6.07) is 0. The van der Waals surface area contributed by atoms with Gasteiger partial charge < -0.3 is 4.74 Å². The highest BCUT2D eigenvalue weighted by Crippen LogP contribution is 2.07. The van der Waals surface area contributed by atoms with Crippen molar-refractivity contribution >= 4 is 22.6 Å². The second kappa shape index (κ2) is 4.28. The van der Waals surface area contributed by atoms with Gasteiger partial charge in [-0.05, 0) is 20.8 Å². The van der Waals surface area contributed by atoms with E-state index in [1.54, 1.807) is 20.8 Å². The first-order chi connectivity index (χ1) is 4.95. The van der Waals surface area contributed by atoms with Crippen molar-refractivity contribution in [2.75, 3.05) is 0 Å². The van der Waals surface area contributed by atoms with E-state index in [0.29, 0.717) is 0 Å². The van der Waals surface area contributed by atoms with E-state index in [2.05, 4.69) is 0 Å². The van der Waals surface area contributed by atoms with Crippen LogP contribution in [0.15, 0.2) is 0 Å². The van der Waals surface area contributed by atoms with Gasteiger partial charge in [-0.2, -0.15) is 0 Å². The van der Waals surface area contributed by atoms with Crippen molar-refractivity contribution in [1.29, 1.82) is 0 Å². The van der Waals surface area contributed by atoms with Crippen molar-refractivity contribution in [3.8, 4) is 0 Å². The van der Waals surface area contributed by atoms with Gasteiger partial charge in [-0.1, -0.05) is 0 Å². The van der Waals surface area contributed by atoms with Gasteiger partial charge in [-0.3, -0.25) is 4.79 Å². The minimum absolute atomic E-state index is 0.0748. The first-order valence-electron chi connectivity index (χ1n) is 3.28. The molecule has 0 N–H and O–H groups in total. The molecule has 0 aliphatic heterocycles. The highest BCUT2D eigenvalue weighted by molar-refractivity contribution is 7.64. The number of esters is 1. The number of carbonyl (C=O) groups excluding carboxylic acids is 1. The van der Waals surface area contributed by atoms with Crippen molar-refractivity contribution in [2.45, 2.75) is 32.8 Å². The maximum Gasteiger partial charge on any atom is 0.311 e. The normalized spacial score (nSPS) is 10.5. The molecule has 0 saturated heterocycles. The predicted octanol–water partition coefficient (Wildman–Crippen LogP) is 0.733. The Bertz CT molecular complexity index is 186. The molecule has 0 aromatic heterocycles. The third-order valence-electron chi connectivity index (χ3n) is 0.738. The van der Waals surface area contributed by atoms with Crippen molar-refractivity contribution in [3.05, 3.63) is 0 Å². The van der Waals surface area contributed by atoms with Crippen LogP contribution in [0.4, 0.5) is 0 Å². The first-order valence-corrected chi connectivity index (χ1v) is 4.08. The topological polar surface area (TPSA) is 43.4 Å². The average molecular weight is 176 g/mol. The summed E-state index contributed by atoms with van der Waals surface area (Å²) in [5, 5.41) is 1.27. The van der Waals surface area contributed by atoms with Gasteiger partial charge in [0, 0.05) is 5.37 Å². The SMILES string of the molecule is CC(C)(C)OC(=O)CC=S=O. The van der Waals surface area contributed by atoms with E-state index >= 15 is 0 Å². The second-order valence-electron chi connectivity index (χ2n) is 3.05. The van der Waals surface area contributed by atoms with Gasteiger partial charge in [0.1, 0.15) is 5.60 Å². The molecule has 0 amide bonds. The van der Waals surface area contributed by atoms with E-state index in [1.807, 2.05) is 0 Å². The molecule has 0 unspecified atom stereocenters. The number of hydrogen-bond acceptors (Lipinski definition) is 3. The summed E-state index contributed by atoms with van der Waals surface area (Å²) in [6.07, 6.45) is 0.0748. The summed E-state index contributed by atoms with van der Waals surface area (Å²) in [5.74, 6) is -0.360. The summed E-state index contributed by atoms with van der Waals surface area (Å²) < 4.78 is 14.8. The Hall–Kier alpha value is -0.640. The zero-order valence-electron chi connectivity index (χ0n) is 6.92. The molecule has 64 valence electrons. The van der Waals surface area contributed by atoms with Crippen molar-refractivity contribution < 1.29 is 13.7 Å². The molecule has 11 heavy (non-hydrogen) atoms. The van der Waals surface area contributed by atoms with Gasteiger partial charge in [0.05, 0.1) is 17.7 Å². The molecular weight excluding hydrogens is 164 g/mol. The quantitative estimate of drug-likeness (QED) is 0.460. The maximum atomic E-state index is 10.8. The van der Waals surface area contributed by atoms with Gasteiger partial charge in [-0.15, -0.1) is 0 Å². The Morgan fingerprint density at radius 1 is 1.55 bits per heavy atom. The summed E-state index contributed by atoms with van der Waals surface area (Å²) >= 11 is 0.280. The molecule has 0 aliphatic carbocycles. The zero-order chi connectivity index (χ0) is 8.91. The summed E-state index contributed by atoms with van der Waals surface area (Å²) in [6.45, 7) is 5.36. The smallest absolute Gasteiger partial charge is 0.311 e. The summed E-state index contributed by atoms with van der Waals surface area (Å²) in [7, 11) is 0. The van der Waals surface area contributed by atoms with Crippen LogP contribution < -0.4 is 0 Å². The largest absolute Gasteiger partial charge is 0.460 e. The molecule has 0 radical (unpaired) electrons. The lowest BCUT2D eigenvalue weighted by atomic mass is 10.2. The van der Waals surface area contributed by atoms with Crippen molar-refractivity contribution in [2.24, 2.45) is 0 Å². The minimum Gasteiger partial charge on any atom is -0.460 e. The van der Waals surface area contributed by atoms with Gasteiger partial charge in [0.25, 0.3) is 0 Å². The number of ether oxygens (including phenoxy) is 1. The molecule has 0 atom stereocenters. The lowest BCUT2D eigenvalue weighted by Crippen LogP contribution is -2.23. The Balaban J connectivity index is 3.79. The van der Waals surface area contributed by atoms with Crippen LogP contribution in [0.3, 0.4) is 0 Å². The van der Waals surface area contributed by atoms with Gasteiger partial charge in [-0.25, -0.2) is 4.21 Å². The highest BCUT2D eigenvalue weighted by atomic mass is 32.1. The van der Waals surface area contributed by atoms with E-state index < -0.39 is 5.60 Å². The molecule has 0 saturated carbocycles. The Morgan fingerprint density at radius 3 is 2.45 bits per heavy atom. The van der Waals surface area contributed by atoms with Crippen LogP contribution in [0.25, 0.3) is 0 Å². The number of hydrogen-bond donors (Lipinski definition) is 0. The minimum atomic E-state index is -0.460. The molecular formula is C7H12O3S. The Labute approximate surface area is 69.8 Å². The Kier molecular flexibility index (Phi) is 4.03. The van der Waals surface area contributed by atoms with Crippen LogP contribution in [0.5, 0.6) is 0 Å². The van der Waals surface area contributed by atoms with Crippen LogP contribution in [0.2, 0.25) is 0 Å². The maximum absolute atomic E-state index is 10.8. The van der Waals surface area contributed by atoms with Gasteiger partial charge in [0.15, 0.2) is 0 Å². The van der Waals surface area contributed by atoms with Gasteiger partial charge in [0.2, 0.25) is 0 Å². The predicted molar refractivity (Wildman–Crippen MR) is 44.7 cm³/mol. The molecule has 0 spiro atoms. The monoisotopic (exact) mass is 176 g/mol. The molecule has 0 aliphatic rings. The lowest BCUT2D eigenvalue weighted by molar-refractivity contribution is -0.153. The summed E-state index contributed by atoms with van der Waals surface area (Å²) in [5.41, 5.74) is -0.460. The standard InChI is InChI=1S/C7H12O3S/c1-7(2,3)10-6(8)4-5-11-9/h5H,4H2,1-3H3. The fourth-order valence-electron chi connectivity index (χ4n) is 0.485. The summed E-state index contributed by atoms with van der Waals surface area (Å²) in [4.78, 5) is 10.8. The van der Waals surface area contributed by atoms with Crippen LogP contribution in [0.1, 0.15) is 27.2 Å². The molecule has 0 rings (SSSR count). The van der Waals surface area contributed by atoms with Crippen molar-refractivity contribution in [1.82, 2.24) is 0 Å². The zero-order valence-corrected chi connectivity index (χ0v) is 7.73. The van der Waals surface area contributed by atoms with Gasteiger partial charge >= 0.3 is 5.97 Å². The molecule has 0 bridgehead atoms. The van der Waals surface area contributed by atoms with Crippen LogP contribution >= 0.6 is 0 Å². The number of carbonyl (C=O) groups is 1. The molecule has 4 heteroatoms. The molecule has 0 aromatic carbocycles. The number of rotatable bonds is 2. The molecule has 0 fully saturated rings. The van der Waals surface area contributed by atoms with E-state index in [9.17, 15) is 9.00 Å².